The summed E-state index contributed by atoms with van der Waals surface area (Å²) in [5.74, 6) is -1.70. The Bertz CT molecular complexity index is 647. The van der Waals surface area contributed by atoms with E-state index in [9.17, 15) is 14.1 Å². The Balaban J connectivity index is 2.96. The van der Waals surface area contributed by atoms with Crippen LogP contribution in [0.2, 0.25) is 0 Å². The number of aromatic hydroxyl groups is 1. The van der Waals surface area contributed by atoms with Gasteiger partial charge >= 0.3 is 5.97 Å². The topological polar surface area (TPSA) is 79.5 Å². The minimum Gasteiger partial charge on any atom is -0.508 e. The van der Waals surface area contributed by atoms with Crippen molar-refractivity contribution in [2.75, 3.05) is 0 Å². The summed E-state index contributed by atoms with van der Waals surface area (Å²) in [7, 11) is 0. The van der Waals surface area contributed by atoms with Crippen molar-refractivity contribution in [1.29, 1.82) is 0 Å². The molecule has 5 nitrogen and oxygen atoms in total. The first-order valence-corrected chi connectivity index (χ1v) is 4.28. The summed E-state index contributed by atoms with van der Waals surface area (Å²) in [6.07, 6.45) is 0.576. The lowest BCUT2D eigenvalue weighted by molar-refractivity contribution is 0.0693. The first-order valence-electron chi connectivity index (χ1n) is 4.28. The van der Waals surface area contributed by atoms with Crippen LogP contribution in [0.15, 0.2) is 29.2 Å². The average Bonchev–Trinajstić information content (AvgIpc) is 2.22. The van der Waals surface area contributed by atoms with E-state index in [1.807, 2.05) is 0 Å². The molecule has 1 heterocycles. The van der Waals surface area contributed by atoms with Crippen molar-refractivity contribution < 1.29 is 19.5 Å². The van der Waals surface area contributed by atoms with Gasteiger partial charge in [0.1, 0.15) is 11.3 Å². The van der Waals surface area contributed by atoms with Crippen LogP contribution in [0.3, 0.4) is 0 Å². The van der Waals surface area contributed by atoms with E-state index < -0.39 is 17.0 Å². The zero-order chi connectivity index (χ0) is 11.9. The van der Waals surface area contributed by atoms with Crippen LogP contribution in [0.5, 0.6) is 5.75 Å². The van der Waals surface area contributed by atoms with E-state index in [1.165, 1.54) is 12.1 Å². The van der Waals surface area contributed by atoms with Crippen molar-refractivity contribution in [3.8, 4) is 5.75 Å². The van der Waals surface area contributed by atoms with Crippen LogP contribution in [0, 0.1) is 0 Å². The molecule has 0 aliphatic heterocycles. The SMILES string of the molecule is O=C(O)c1cn(F)c2cc(O)ccc2c1=O. The molecule has 2 rings (SSSR count). The molecule has 82 valence electrons. The minimum atomic E-state index is -1.49. The highest BCUT2D eigenvalue weighted by molar-refractivity contribution is 5.92. The third kappa shape index (κ3) is 1.40. The molecule has 1 aromatic carbocycles. The zero-order valence-electron chi connectivity index (χ0n) is 7.85. The standard InChI is InChI=1S/C10H6FNO4/c11-12-4-7(10(15)16)9(14)6-2-1-5(13)3-8(6)12/h1-4,13H,(H,15,16). The van der Waals surface area contributed by atoms with E-state index in [2.05, 4.69) is 0 Å². The maximum atomic E-state index is 13.4. The lowest BCUT2D eigenvalue weighted by atomic mass is 10.1. The lowest BCUT2D eigenvalue weighted by Crippen LogP contribution is -2.16. The number of phenols is 1. The van der Waals surface area contributed by atoms with Gasteiger partial charge < -0.3 is 10.2 Å². The molecule has 0 fully saturated rings. The van der Waals surface area contributed by atoms with Gasteiger partial charge in [-0.15, -0.1) is 0 Å². The number of hydrogen-bond donors (Lipinski definition) is 2. The van der Waals surface area contributed by atoms with Crippen molar-refractivity contribution in [3.63, 3.8) is 0 Å². The fraction of sp³-hybridized carbons (Fsp3) is 0. The van der Waals surface area contributed by atoms with Gasteiger partial charge in [-0.25, -0.2) is 4.79 Å². The number of phenolic OH excluding ortho intramolecular Hbond substituents is 1. The number of aromatic carboxylic acids is 1. The summed E-state index contributed by atoms with van der Waals surface area (Å²) >= 11 is 0. The smallest absolute Gasteiger partial charge is 0.341 e. The predicted molar refractivity (Wildman–Crippen MR) is 53.3 cm³/mol. The summed E-state index contributed by atoms with van der Waals surface area (Å²) in [5, 5.41) is 17.7. The van der Waals surface area contributed by atoms with Crippen molar-refractivity contribution in [1.82, 2.24) is 4.79 Å². The molecule has 0 bridgehead atoms. The number of aromatic nitrogens is 1. The van der Waals surface area contributed by atoms with Crippen molar-refractivity contribution in [3.05, 3.63) is 40.2 Å². The van der Waals surface area contributed by atoms with Crippen LogP contribution < -0.4 is 5.43 Å². The average molecular weight is 223 g/mol. The molecule has 0 atom stereocenters. The lowest BCUT2D eigenvalue weighted by Gasteiger charge is -2.03. The molecular weight excluding hydrogens is 217 g/mol. The molecule has 16 heavy (non-hydrogen) atoms. The number of halogens is 1. The van der Waals surface area contributed by atoms with E-state index in [1.54, 1.807) is 0 Å². The van der Waals surface area contributed by atoms with Crippen LogP contribution in [-0.4, -0.2) is 21.0 Å². The molecule has 0 saturated carbocycles. The molecule has 2 N–H and O–H groups in total. The Hall–Kier alpha value is -2.37. The maximum Gasteiger partial charge on any atom is 0.341 e. The van der Waals surface area contributed by atoms with Crippen molar-refractivity contribution in [2.24, 2.45) is 0 Å². The molecule has 0 aliphatic rings. The summed E-state index contributed by atoms with van der Waals surface area (Å²) in [4.78, 5) is 22.2. The highest BCUT2D eigenvalue weighted by Crippen LogP contribution is 2.18. The number of rotatable bonds is 1. The Labute approximate surface area is 87.9 Å². The highest BCUT2D eigenvalue weighted by Gasteiger charge is 2.14. The summed E-state index contributed by atoms with van der Waals surface area (Å²) < 4.78 is 13.4. The number of carboxylic acid groups (broad SMARTS) is 1. The van der Waals surface area contributed by atoms with E-state index in [0.717, 1.165) is 6.07 Å². The quantitative estimate of drug-likeness (QED) is 0.759. The van der Waals surface area contributed by atoms with Crippen LogP contribution >= 0.6 is 0 Å². The van der Waals surface area contributed by atoms with E-state index in [-0.39, 0.29) is 21.4 Å². The zero-order valence-corrected chi connectivity index (χ0v) is 7.85. The highest BCUT2D eigenvalue weighted by atomic mass is 19.2. The van der Waals surface area contributed by atoms with Crippen molar-refractivity contribution in [2.45, 2.75) is 0 Å². The van der Waals surface area contributed by atoms with Gasteiger partial charge in [0, 0.05) is 11.5 Å². The van der Waals surface area contributed by atoms with Gasteiger partial charge in [-0.1, -0.05) is 4.48 Å². The Kier molecular flexibility index (Phi) is 2.12. The molecule has 6 heteroatoms. The largest absolute Gasteiger partial charge is 0.508 e. The van der Waals surface area contributed by atoms with Gasteiger partial charge in [0.25, 0.3) is 0 Å². The number of carbonyl (C=O) groups is 1. The molecule has 0 aliphatic carbocycles. The fourth-order valence-corrected chi connectivity index (χ4v) is 1.43. The van der Waals surface area contributed by atoms with Crippen molar-refractivity contribution >= 4 is 16.9 Å². The fourth-order valence-electron chi connectivity index (χ4n) is 1.43. The van der Waals surface area contributed by atoms with Gasteiger partial charge in [-0.3, -0.25) is 4.79 Å². The van der Waals surface area contributed by atoms with Gasteiger partial charge in [0.05, 0.1) is 11.7 Å². The molecule has 2 aromatic rings. The number of fused-ring (bicyclic) bond motifs is 1. The third-order valence-electron chi connectivity index (χ3n) is 2.17. The molecule has 0 spiro atoms. The Morgan fingerprint density at radius 2 is 2.06 bits per heavy atom. The second-order valence-electron chi connectivity index (χ2n) is 3.19. The number of pyridine rings is 1. The predicted octanol–water partition coefficient (Wildman–Crippen LogP) is 1.14. The number of hydrogen-bond acceptors (Lipinski definition) is 3. The first kappa shape index (κ1) is 10.2. The molecule has 0 unspecified atom stereocenters. The molecule has 1 aromatic heterocycles. The van der Waals surface area contributed by atoms with Crippen LogP contribution in [0.25, 0.3) is 10.9 Å². The Morgan fingerprint density at radius 1 is 1.38 bits per heavy atom. The van der Waals surface area contributed by atoms with Gasteiger partial charge in [-0.2, -0.15) is 4.79 Å². The third-order valence-corrected chi connectivity index (χ3v) is 2.17. The van der Waals surface area contributed by atoms with Gasteiger partial charge in [0.15, 0.2) is 0 Å². The van der Waals surface area contributed by atoms with E-state index in [0.29, 0.717) is 6.20 Å². The van der Waals surface area contributed by atoms with Crippen LogP contribution in [0.4, 0.5) is 4.48 Å². The van der Waals surface area contributed by atoms with Gasteiger partial charge in [0.2, 0.25) is 5.43 Å². The summed E-state index contributed by atoms with van der Waals surface area (Å²) in [6.45, 7) is 0. The van der Waals surface area contributed by atoms with Crippen LogP contribution in [0.1, 0.15) is 10.4 Å². The maximum absolute atomic E-state index is 13.4. The summed E-state index contributed by atoms with van der Waals surface area (Å²) in [5.41, 5.74) is -1.60. The molecule has 0 radical (unpaired) electrons. The second kappa shape index (κ2) is 3.34. The molecular formula is C10H6FNO4. The van der Waals surface area contributed by atoms with Crippen LogP contribution in [-0.2, 0) is 0 Å². The number of benzene rings is 1. The second-order valence-corrected chi connectivity index (χ2v) is 3.19. The first-order chi connectivity index (χ1) is 7.50. The number of nitrogens with zero attached hydrogens (tertiary/aromatic N) is 1. The van der Waals surface area contributed by atoms with E-state index in [4.69, 9.17) is 10.2 Å². The number of carboxylic acids is 1. The summed E-state index contributed by atoms with van der Waals surface area (Å²) in [6, 6.07) is 3.41. The normalized spacial score (nSPS) is 10.6. The molecule has 0 saturated heterocycles. The van der Waals surface area contributed by atoms with Gasteiger partial charge in [-0.05, 0) is 12.1 Å². The van der Waals surface area contributed by atoms with E-state index >= 15 is 0 Å². The Morgan fingerprint density at radius 3 is 2.69 bits per heavy atom. The molecule has 0 amide bonds. The monoisotopic (exact) mass is 223 g/mol. The minimum absolute atomic E-state index is 0.0000926.